The van der Waals surface area contributed by atoms with Gasteiger partial charge < -0.3 is 4.90 Å². The predicted octanol–water partition coefficient (Wildman–Crippen LogP) is -0.0946. The van der Waals surface area contributed by atoms with Gasteiger partial charge in [-0.2, -0.15) is 5.26 Å². The van der Waals surface area contributed by atoms with Crippen LogP contribution in [-0.4, -0.2) is 34.6 Å². The Morgan fingerprint density at radius 2 is 2.05 bits per heavy atom. The molecular formula is C14H20N3O2S+. The van der Waals surface area contributed by atoms with Crippen molar-refractivity contribution in [1.29, 1.82) is 5.26 Å². The molecule has 0 unspecified atom stereocenters. The summed E-state index contributed by atoms with van der Waals surface area (Å²) in [5.74, 6) is 0. The van der Waals surface area contributed by atoms with Gasteiger partial charge in [0.05, 0.1) is 36.2 Å². The largest absolute Gasteiger partial charge is 0.335 e. The molecule has 6 heteroatoms. The van der Waals surface area contributed by atoms with E-state index in [2.05, 4.69) is 4.72 Å². The van der Waals surface area contributed by atoms with Gasteiger partial charge in [-0.1, -0.05) is 6.07 Å². The number of likely N-dealkylation sites (tertiary alicyclic amines) is 1. The van der Waals surface area contributed by atoms with Gasteiger partial charge in [0, 0.05) is 25.8 Å². The van der Waals surface area contributed by atoms with Crippen LogP contribution in [0.25, 0.3) is 0 Å². The van der Waals surface area contributed by atoms with Gasteiger partial charge in [-0.25, -0.2) is 13.1 Å². The SMILES string of the molecule is N#Cc1cccc(S(=O)(=O)NCCC[NH+]2CCCC2)c1. The Balaban J connectivity index is 1.85. The molecule has 1 aliphatic rings. The lowest BCUT2D eigenvalue weighted by Crippen LogP contribution is -3.10. The topological polar surface area (TPSA) is 74.4 Å². The van der Waals surface area contributed by atoms with E-state index in [0.717, 1.165) is 13.0 Å². The molecule has 1 fully saturated rings. The van der Waals surface area contributed by atoms with Gasteiger partial charge in [-0.3, -0.25) is 0 Å². The van der Waals surface area contributed by atoms with Gasteiger partial charge in [0.15, 0.2) is 0 Å². The lowest BCUT2D eigenvalue weighted by Gasteiger charge is -2.12. The quantitative estimate of drug-likeness (QED) is 0.720. The number of hydrogen-bond acceptors (Lipinski definition) is 3. The number of sulfonamides is 1. The van der Waals surface area contributed by atoms with Gasteiger partial charge in [-0.05, 0) is 18.2 Å². The van der Waals surface area contributed by atoms with Crippen LogP contribution in [0.4, 0.5) is 0 Å². The Labute approximate surface area is 120 Å². The van der Waals surface area contributed by atoms with Crippen LogP contribution < -0.4 is 9.62 Å². The molecule has 0 bridgehead atoms. The first kappa shape index (κ1) is 15.0. The summed E-state index contributed by atoms with van der Waals surface area (Å²) >= 11 is 0. The molecule has 20 heavy (non-hydrogen) atoms. The number of nitrogens with zero attached hydrogens (tertiary/aromatic N) is 1. The lowest BCUT2D eigenvalue weighted by molar-refractivity contribution is -0.887. The van der Waals surface area contributed by atoms with Crippen LogP contribution in [0.5, 0.6) is 0 Å². The van der Waals surface area contributed by atoms with E-state index in [1.54, 1.807) is 17.0 Å². The highest BCUT2D eigenvalue weighted by Gasteiger charge is 2.16. The molecule has 5 nitrogen and oxygen atoms in total. The fourth-order valence-corrected chi connectivity index (χ4v) is 3.61. The summed E-state index contributed by atoms with van der Waals surface area (Å²) < 4.78 is 26.7. The Kier molecular flexibility index (Phi) is 5.12. The summed E-state index contributed by atoms with van der Waals surface area (Å²) in [7, 11) is -3.50. The minimum atomic E-state index is -3.50. The molecule has 0 aliphatic carbocycles. The van der Waals surface area contributed by atoms with Crippen molar-refractivity contribution < 1.29 is 13.3 Å². The van der Waals surface area contributed by atoms with E-state index in [1.807, 2.05) is 6.07 Å². The molecular weight excluding hydrogens is 274 g/mol. The second kappa shape index (κ2) is 6.84. The Bertz CT molecular complexity index is 587. The molecule has 1 saturated heterocycles. The van der Waals surface area contributed by atoms with Crippen LogP contribution in [0.2, 0.25) is 0 Å². The third kappa shape index (κ3) is 4.04. The van der Waals surface area contributed by atoms with Crippen LogP contribution in [0.1, 0.15) is 24.8 Å². The predicted molar refractivity (Wildman–Crippen MR) is 75.8 cm³/mol. The van der Waals surface area contributed by atoms with Gasteiger partial charge >= 0.3 is 0 Å². The van der Waals surface area contributed by atoms with E-state index in [0.29, 0.717) is 12.1 Å². The zero-order valence-electron chi connectivity index (χ0n) is 11.4. The van der Waals surface area contributed by atoms with Crippen LogP contribution in [0.3, 0.4) is 0 Å². The number of quaternary nitrogens is 1. The molecule has 2 rings (SSSR count). The van der Waals surface area contributed by atoms with Crippen LogP contribution in [0.15, 0.2) is 29.2 Å². The fourth-order valence-electron chi connectivity index (χ4n) is 2.49. The molecule has 0 atom stereocenters. The Morgan fingerprint density at radius 1 is 1.30 bits per heavy atom. The number of rotatable bonds is 6. The second-order valence-corrected chi connectivity index (χ2v) is 6.87. The van der Waals surface area contributed by atoms with Crippen LogP contribution >= 0.6 is 0 Å². The summed E-state index contributed by atoms with van der Waals surface area (Å²) in [5.41, 5.74) is 0.356. The molecule has 0 saturated carbocycles. The minimum Gasteiger partial charge on any atom is -0.335 e. The molecule has 0 radical (unpaired) electrons. The van der Waals surface area contributed by atoms with E-state index in [4.69, 9.17) is 5.26 Å². The lowest BCUT2D eigenvalue weighted by atomic mass is 10.2. The van der Waals surface area contributed by atoms with Crippen LogP contribution in [0, 0.1) is 11.3 Å². The molecule has 1 heterocycles. The van der Waals surface area contributed by atoms with Gasteiger partial charge in [0.1, 0.15) is 0 Å². The van der Waals surface area contributed by atoms with E-state index in [1.165, 1.54) is 38.1 Å². The van der Waals surface area contributed by atoms with Crippen molar-refractivity contribution in [3.05, 3.63) is 29.8 Å². The van der Waals surface area contributed by atoms with Crippen molar-refractivity contribution in [2.24, 2.45) is 0 Å². The molecule has 1 aromatic rings. The monoisotopic (exact) mass is 294 g/mol. The molecule has 0 spiro atoms. The average Bonchev–Trinajstić information content (AvgIpc) is 2.97. The highest BCUT2D eigenvalue weighted by atomic mass is 32.2. The standard InChI is InChI=1S/C14H19N3O2S/c15-12-13-5-3-6-14(11-13)20(18,19)16-7-4-10-17-8-1-2-9-17/h3,5-6,11,16H,1-2,4,7-10H2/p+1. The minimum absolute atomic E-state index is 0.157. The summed E-state index contributed by atoms with van der Waals surface area (Å²) in [4.78, 5) is 1.72. The number of nitrogens with one attached hydrogen (secondary N) is 2. The van der Waals surface area contributed by atoms with Gasteiger partial charge in [0.2, 0.25) is 10.0 Å². The third-order valence-electron chi connectivity index (χ3n) is 3.58. The van der Waals surface area contributed by atoms with E-state index < -0.39 is 10.0 Å². The zero-order chi connectivity index (χ0) is 14.4. The maximum absolute atomic E-state index is 12.1. The summed E-state index contributed by atoms with van der Waals surface area (Å²) in [6.45, 7) is 3.87. The molecule has 1 aromatic carbocycles. The maximum Gasteiger partial charge on any atom is 0.240 e. The highest BCUT2D eigenvalue weighted by molar-refractivity contribution is 7.89. The first-order valence-corrected chi connectivity index (χ1v) is 8.43. The third-order valence-corrected chi connectivity index (χ3v) is 5.04. The molecule has 1 aliphatic heterocycles. The Hall–Kier alpha value is -1.42. The van der Waals surface area contributed by atoms with Crippen molar-refractivity contribution in [2.75, 3.05) is 26.2 Å². The van der Waals surface area contributed by atoms with Gasteiger partial charge in [0.25, 0.3) is 0 Å². The normalized spacial score (nSPS) is 16.1. The van der Waals surface area contributed by atoms with Crippen molar-refractivity contribution >= 4 is 10.0 Å². The summed E-state index contributed by atoms with van der Waals surface area (Å²) in [6.07, 6.45) is 3.40. The van der Waals surface area contributed by atoms with E-state index in [-0.39, 0.29) is 4.90 Å². The first-order chi connectivity index (χ1) is 9.62. The fraction of sp³-hybridized carbons (Fsp3) is 0.500. The van der Waals surface area contributed by atoms with Crippen molar-refractivity contribution in [3.63, 3.8) is 0 Å². The van der Waals surface area contributed by atoms with E-state index in [9.17, 15) is 8.42 Å². The van der Waals surface area contributed by atoms with Crippen molar-refractivity contribution in [1.82, 2.24) is 4.72 Å². The average molecular weight is 294 g/mol. The first-order valence-electron chi connectivity index (χ1n) is 6.95. The second-order valence-electron chi connectivity index (χ2n) is 5.10. The summed E-state index contributed by atoms with van der Waals surface area (Å²) in [5, 5.41) is 8.80. The molecule has 0 aromatic heterocycles. The smallest absolute Gasteiger partial charge is 0.240 e. The van der Waals surface area contributed by atoms with Crippen LogP contribution in [-0.2, 0) is 10.0 Å². The molecule has 0 amide bonds. The number of benzene rings is 1. The number of nitriles is 1. The van der Waals surface area contributed by atoms with Crippen molar-refractivity contribution in [2.45, 2.75) is 24.2 Å². The summed E-state index contributed by atoms with van der Waals surface area (Å²) in [6, 6.07) is 8.03. The van der Waals surface area contributed by atoms with Crippen molar-refractivity contribution in [3.8, 4) is 6.07 Å². The van der Waals surface area contributed by atoms with Gasteiger partial charge in [-0.15, -0.1) is 0 Å². The molecule has 2 N–H and O–H groups in total. The molecule has 108 valence electrons. The zero-order valence-corrected chi connectivity index (χ0v) is 12.2. The highest BCUT2D eigenvalue weighted by Crippen LogP contribution is 2.10. The maximum atomic E-state index is 12.1. The number of hydrogen-bond donors (Lipinski definition) is 2. The van der Waals surface area contributed by atoms with E-state index >= 15 is 0 Å². The Morgan fingerprint density at radius 3 is 2.75 bits per heavy atom.